The quantitative estimate of drug-likeness (QED) is 0.573. The van der Waals surface area contributed by atoms with E-state index in [2.05, 4.69) is 23.5 Å². The average molecular weight is 416 g/mol. The van der Waals surface area contributed by atoms with Crippen LogP contribution < -0.4 is 14.8 Å². The van der Waals surface area contributed by atoms with E-state index in [4.69, 9.17) is 9.47 Å². The number of amides is 1. The summed E-state index contributed by atoms with van der Waals surface area (Å²) in [5.74, 6) is 1.46. The first-order valence-electron chi connectivity index (χ1n) is 10.9. The fraction of sp³-hybridized carbons (Fsp3) is 0.296. The molecule has 1 N–H and O–H groups in total. The number of hydrogen-bond donors (Lipinski definition) is 1. The zero-order valence-electron chi connectivity index (χ0n) is 18.2. The Balaban J connectivity index is 1.59. The van der Waals surface area contributed by atoms with Crippen molar-refractivity contribution in [3.8, 4) is 11.5 Å². The van der Waals surface area contributed by atoms with Crippen molar-refractivity contribution in [1.29, 1.82) is 0 Å². The van der Waals surface area contributed by atoms with Crippen LogP contribution in [0.15, 0.2) is 66.7 Å². The minimum Gasteiger partial charge on any atom is -0.490 e. The van der Waals surface area contributed by atoms with Crippen LogP contribution in [-0.4, -0.2) is 19.1 Å². The molecule has 1 aliphatic rings. The van der Waals surface area contributed by atoms with Crippen LogP contribution in [0.25, 0.3) is 0 Å². The molecule has 1 atom stereocenters. The molecule has 0 saturated heterocycles. The van der Waals surface area contributed by atoms with E-state index in [0.717, 1.165) is 47.5 Å². The molecule has 4 rings (SSSR count). The maximum absolute atomic E-state index is 13.1. The Labute approximate surface area is 184 Å². The average Bonchev–Trinajstić information content (AvgIpc) is 3.01. The summed E-state index contributed by atoms with van der Waals surface area (Å²) >= 11 is 0. The zero-order chi connectivity index (χ0) is 21.6. The normalized spacial score (nSPS) is 13.9. The van der Waals surface area contributed by atoms with Crippen LogP contribution in [0.2, 0.25) is 0 Å². The van der Waals surface area contributed by atoms with Gasteiger partial charge in [0.1, 0.15) is 0 Å². The minimum atomic E-state index is -0.134. The van der Waals surface area contributed by atoms with Crippen molar-refractivity contribution in [3.05, 3.63) is 94.5 Å². The third-order valence-corrected chi connectivity index (χ3v) is 5.53. The van der Waals surface area contributed by atoms with Gasteiger partial charge in [0.2, 0.25) is 0 Å². The molecule has 3 aromatic rings. The van der Waals surface area contributed by atoms with Gasteiger partial charge >= 0.3 is 0 Å². The van der Waals surface area contributed by atoms with Gasteiger partial charge in [-0.2, -0.15) is 0 Å². The van der Waals surface area contributed by atoms with Crippen LogP contribution in [0.4, 0.5) is 0 Å². The summed E-state index contributed by atoms with van der Waals surface area (Å²) in [6.45, 7) is 5.33. The van der Waals surface area contributed by atoms with Crippen LogP contribution in [0.3, 0.4) is 0 Å². The van der Waals surface area contributed by atoms with Crippen molar-refractivity contribution in [2.75, 3.05) is 13.2 Å². The fourth-order valence-corrected chi connectivity index (χ4v) is 4.02. The van der Waals surface area contributed by atoms with Crippen molar-refractivity contribution in [2.24, 2.45) is 0 Å². The van der Waals surface area contributed by atoms with Gasteiger partial charge in [0.25, 0.3) is 5.91 Å². The van der Waals surface area contributed by atoms with Crippen molar-refractivity contribution in [2.45, 2.75) is 39.2 Å². The molecule has 0 aliphatic carbocycles. The largest absolute Gasteiger partial charge is 0.490 e. The van der Waals surface area contributed by atoms with E-state index in [0.29, 0.717) is 18.8 Å². The molecule has 0 saturated carbocycles. The van der Waals surface area contributed by atoms with Gasteiger partial charge in [0, 0.05) is 12.0 Å². The molecule has 1 aliphatic heterocycles. The van der Waals surface area contributed by atoms with E-state index in [-0.39, 0.29) is 11.9 Å². The number of ether oxygens (including phenoxy) is 2. The first-order chi connectivity index (χ1) is 15.1. The van der Waals surface area contributed by atoms with Crippen LogP contribution in [0.5, 0.6) is 11.5 Å². The molecule has 1 amide bonds. The SMILES string of the molecule is Cc1cc(C)cc(C(=O)NC(CCc2ccccc2)c2ccc3c(c2)OCCCO3)c1. The molecule has 160 valence electrons. The molecule has 0 spiro atoms. The molecule has 3 aromatic carbocycles. The maximum Gasteiger partial charge on any atom is 0.251 e. The summed E-state index contributed by atoms with van der Waals surface area (Å²) in [5, 5.41) is 3.26. The van der Waals surface area contributed by atoms with E-state index in [9.17, 15) is 4.79 Å². The van der Waals surface area contributed by atoms with Crippen molar-refractivity contribution < 1.29 is 14.3 Å². The standard InChI is InChI=1S/C27H29NO3/c1-19-15-20(2)17-23(16-19)27(29)28-24(11-9-21-7-4-3-5-8-21)22-10-12-25-26(18-22)31-14-6-13-30-25/h3-5,7-8,10,12,15-18,24H,6,9,11,13-14H2,1-2H3,(H,28,29). The summed E-state index contributed by atoms with van der Waals surface area (Å²) in [4.78, 5) is 13.1. The number of hydrogen-bond acceptors (Lipinski definition) is 3. The lowest BCUT2D eigenvalue weighted by Crippen LogP contribution is -2.29. The summed E-state index contributed by atoms with van der Waals surface area (Å²) in [6.07, 6.45) is 2.53. The highest BCUT2D eigenvalue weighted by Gasteiger charge is 2.19. The summed E-state index contributed by atoms with van der Waals surface area (Å²) in [7, 11) is 0. The van der Waals surface area contributed by atoms with E-state index in [1.165, 1.54) is 5.56 Å². The Hall–Kier alpha value is -3.27. The van der Waals surface area contributed by atoms with Gasteiger partial charge in [-0.05, 0) is 62.1 Å². The van der Waals surface area contributed by atoms with E-state index < -0.39 is 0 Å². The molecule has 31 heavy (non-hydrogen) atoms. The number of carbonyl (C=O) groups is 1. The van der Waals surface area contributed by atoms with Gasteiger partial charge in [0.15, 0.2) is 11.5 Å². The number of aryl methyl sites for hydroxylation is 3. The first-order valence-corrected chi connectivity index (χ1v) is 10.9. The molecular weight excluding hydrogens is 386 g/mol. The maximum atomic E-state index is 13.1. The second kappa shape index (κ2) is 9.69. The molecule has 0 aromatic heterocycles. The topological polar surface area (TPSA) is 47.6 Å². The number of rotatable bonds is 6. The molecule has 4 heteroatoms. The third-order valence-electron chi connectivity index (χ3n) is 5.53. The Morgan fingerprint density at radius 3 is 2.35 bits per heavy atom. The van der Waals surface area contributed by atoms with Crippen molar-refractivity contribution in [1.82, 2.24) is 5.32 Å². The second-order valence-corrected chi connectivity index (χ2v) is 8.18. The number of benzene rings is 3. The van der Waals surface area contributed by atoms with Crippen LogP contribution in [-0.2, 0) is 6.42 Å². The van der Waals surface area contributed by atoms with E-state index in [1.54, 1.807) is 0 Å². The molecule has 1 unspecified atom stereocenters. The van der Waals surface area contributed by atoms with Gasteiger partial charge in [-0.15, -0.1) is 0 Å². The Morgan fingerprint density at radius 1 is 0.903 bits per heavy atom. The smallest absolute Gasteiger partial charge is 0.251 e. The molecule has 0 radical (unpaired) electrons. The fourth-order valence-electron chi connectivity index (χ4n) is 4.02. The molecule has 0 bridgehead atoms. The lowest BCUT2D eigenvalue weighted by Gasteiger charge is -2.21. The van der Waals surface area contributed by atoms with Gasteiger partial charge < -0.3 is 14.8 Å². The van der Waals surface area contributed by atoms with Crippen LogP contribution in [0.1, 0.15) is 51.5 Å². The molecule has 0 fully saturated rings. The third kappa shape index (κ3) is 5.46. The van der Waals surface area contributed by atoms with Gasteiger partial charge in [-0.1, -0.05) is 53.6 Å². The van der Waals surface area contributed by atoms with Crippen molar-refractivity contribution in [3.63, 3.8) is 0 Å². The van der Waals surface area contributed by atoms with Gasteiger partial charge in [0.05, 0.1) is 19.3 Å². The van der Waals surface area contributed by atoms with Crippen LogP contribution in [0, 0.1) is 13.8 Å². The monoisotopic (exact) mass is 415 g/mol. The molecular formula is C27H29NO3. The lowest BCUT2D eigenvalue weighted by atomic mass is 9.97. The number of nitrogens with one attached hydrogen (secondary N) is 1. The van der Waals surface area contributed by atoms with E-state index in [1.807, 2.05) is 62.4 Å². The molecule has 1 heterocycles. The van der Waals surface area contributed by atoms with Gasteiger partial charge in [-0.25, -0.2) is 0 Å². The number of carbonyl (C=O) groups excluding carboxylic acids is 1. The van der Waals surface area contributed by atoms with Gasteiger partial charge in [-0.3, -0.25) is 4.79 Å². The second-order valence-electron chi connectivity index (χ2n) is 8.18. The van der Waals surface area contributed by atoms with Crippen molar-refractivity contribution >= 4 is 5.91 Å². The Bertz CT molecular complexity index is 1030. The number of fused-ring (bicyclic) bond motifs is 1. The highest BCUT2D eigenvalue weighted by Crippen LogP contribution is 2.33. The summed E-state index contributed by atoms with van der Waals surface area (Å²) < 4.78 is 11.7. The predicted octanol–water partition coefficient (Wildman–Crippen LogP) is 5.57. The molecule has 4 nitrogen and oxygen atoms in total. The highest BCUT2D eigenvalue weighted by atomic mass is 16.5. The zero-order valence-corrected chi connectivity index (χ0v) is 18.2. The summed E-state index contributed by atoms with van der Waals surface area (Å²) in [5.41, 5.74) is 5.14. The van der Waals surface area contributed by atoms with Crippen LogP contribution >= 0.6 is 0 Å². The predicted molar refractivity (Wildman–Crippen MR) is 123 cm³/mol. The highest BCUT2D eigenvalue weighted by molar-refractivity contribution is 5.94. The summed E-state index contributed by atoms with van der Waals surface area (Å²) in [6, 6.07) is 22.2. The Morgan fingerprint density at radius 2 is 1.61 bits per heavy atom. The lowest BCUT2D eigenvalue weighted by molar-refractivity contribution is 0.0934. The minimum absolute atomic E-state index is 0.0584. The first kappa shape index (κ1) is 21.0. The Kier molecular flexibility index (Phi) is 6.56. The van der Waals surface area contributed by atoms with E-state index >= 15 is 0 Å².